The molecule has 3 aromatic rings. The second-order valence-corrected chi connectivity index (χ2v) is 3.79. The van der Waals surface area contributed by atoms with Gasteiger partial charge in [-0.05, 0) is 18.2 Å². The standard InChI is InChI=1S/C11H7N3O4/c15-9(16)5-1-2-8-6(3-5)12-11-13-7(10(17)18)4-14(8)11/h1-4H,(H,12,13)(H,15,16)(H,17,18). The number of carboxylic acid groups (broad SMARTS) is 2. The molecule has 0 unspecified atom stereocenters. The maximum absolute atomic E-state index is 10.8. The van der Waals surface area contributed by atoms with E-state index in [1.54, 1.807) is 10.5 Å². The fourth-order valence-corrected chi connectivity index (χ4v) is 1.84. The van der Waals surface area contributed by atoms with Crippen LogP contribution in [0.4, 0.5) is 0 Å². The van der Waals surface area contributed by atoms with Gasteiger partial charge >= 0.3 is 11.9 Å². The Bertz CT molecular complexity index is 783. The molecule has 0 radical (unpaired) electrons. The smallest absolute Gasteiger partial charge is 0.353 e. The Balaban J connectivity index is 2.29. The normalized spacial score (nSPS) is 11.1. The fraction of sp³-hybridized carbons (Fsp3) is 0. The molecule has 0 fully saturated rings. The highest BCUT2D eigenvalue weighted by molar-refractivity contribution is 5.94. The molecule has 7 nitrogen and oxygen atoms in total. The maximum atomic E-state index is 10.8. The number of hydrogen-bond acceptors (Lipinski definition) is 3. The quantitative estimate of drug-likeness (QED) is 0.629. The van der Waals surface area contributed by atoms with Gasteiger partial charge in [0.15, 0.2) is 0 Å². The minimum absolute atomic E-state index is 0.0294. The first-order valence-electron chi connectivity index (χ1n) is 5.03. The van der Waals surface area contributed by atoms with Crippen molar-refractivity contribution in [2.45, 2.75) is 0 Å². The highest BCUT2D eigenvalue weighted by Gasteiger charge is 2.13. The van der Waals surface area contributed by atoms with Crippen molar-refractivity contribution in [2.75, 3.05) is 0 Å². The molecule has 7 heteroatoms. The van der Waals surface area contributed by atoms with Crippen LogP contribution < -0.4 is 0 Å². The Morgan fingerprint density at radius 2 is 2.00 bits per heavy atom. The first kappa shape index (κ1) is 10.3. The molecule has 3 N–H and O–H groups in total. The van der Waals surface area contributed by atoms with Gasteiger partial charge in [0.25, 0.3) is 0 Å². The van der Waals surface area contributed by atoms with Crippen molar-refractivity contribution in [3.63, 3.8) is 0 Å². The van der Waals surface area contributed by atoms with Crippen LogP contribution in [-0.2, 0) is 0 Å². The van der Waals surface area contributed by atoms with Crippen molar-refractivity contribution < 1.29 is 19.8 Å². The van der Waals surface area contributed by atoms with E-state index in [1.165, 1.54) is 18.3 Å². The summed E-state index contributed by atoms with van der Waals surface area (Å²) in [5, 5.41) is 17.7. The Kier molecular flexibility index (Phi) is 1.91. The van der Waals surface area contributed by atoms with E-state index in [4.69, 9.17) is 10.2 Å². The lowest BCUT2D eigenvalue weighted by Crippen LogP contribution is -1.96. The summed E-state index contributed by atoms with van der Waals surface area (Å²) in [6, 6.07) is 4.49. The van der Waals surface area contributed by atoms with Gasteiger partial charge in [0.1, 0.15) is 5.69 Å². The van der Waals surface area contributed by atoms with Crippen LogP contribution in [0.1, 0.15) is 20.8 Å². The van der Waals surface area contributed by atoms with Crippen LogP contribution in [0.5, 0.6) is 0 Å². The zero-order chi connectivity index (χ0) is 12.9. The summed E-state index contributed by atoms with van der Waals surface area (Å²) >= 11 is 0. The van der Waals surface area contributed by atoms with Gasteiger partial charge in [0.05, 0.1) is 16.6 Å². The summed E-state index contributed by atoms with van der Waals surface area (Å²) in [6.07, 6.45) is 1.41. The van der Waals surface area contributed by atoms with E-state index in [1.807, 2.05) is 0 Å². The molecule has 1 aromatic carbocycles. The Morgan fingerprint density at radius 3 is 2.67 bits per heavy atom. The maximum Gasteiger partial charge on any atom is 0.353 e. The monoisotopic (exact) mass is 245 g/mol. The van der Waals surface area contributed by atoms with Crippen LogP contribution >= 0.6 is 0 Å². The number of aromatic amines is 1. The lowest BCUT2D eigenvalue weighted by molar-refractivity contribution is 0.0683. The molecule has 0 spiro atoms. The first-order valence-corrected chi connectivity index (χ1v) is 5.03. The number of rotatable bonds is 2. The van der Waals surface area contributed by atoms with Gasteiger partial charge < -0.3 is 15.2 Å². The van der Waals surface area contributed by atoms with Crippen LogP contribution in [0.25, 0.3) is 16.8 Å². The molecule has 2 aromatic heterocycles. The molecule has 0 bridgehead atoms. The van der Waals surface area contributed by atoms with Gasteiger partial charge in [-0.2, -0.15) is 0 Å². The third-order valence-electron chi connectivity index (χ3n) is 2.67. The second kappa shape index (κ2) is 3.33. The Hall–Kier alpha value is -2.83. The van der Waals surface area contributed by atoms with E-state index in [9.17, 15) is 9.59 Å². The zero-order valence-electron chi connectivity index (χ0n) is 8.91. The van der Waals surface area contributed by atoms with Crippen molar-refractivity contribution in [2.24, 2.45) is 0 Å². The van der Waals surface area contributed by atoms with Crippen LogP contribution in [0.3, 0.4) is 0 Å². The van der Waals surface area contributed by atoms with Crippen molar-refractivity contribution in [3.05, 3.63) is 35.7 Å². The van der Waals surface area contributed by atoms with E-state index in [2.05, 4.69) is 9.97 Å². The number of fused-ring (bicyclic) bond motifs is 3. The van der Waals surface area contributed by atoms with Crippen LogP contribution in [0.2, 0.25) is 0 Å². The fourth-order valence-electron chi connectivity index (χ4n) is 1.84. The van der Waals surface area contributed by atoms with Crippen LogP contribution in [0, 0.1) is 0 Å². The number of H-pyrrole nitrogens is 1. The highest BCUT2D eigenvalue weighted by atomic mass is 16.4. The van der Waals surface area contributed by atoms with Crippen LogP contribution in [-0.4, -0.2) is 36.5 Å². The summed E-state index contributed by atoms with van der Waals surface area (Å²) in [7, 11) is 0. The van der Waals surface area contributed by atoms with Gasteiger partial charge in [-0.3, -0.25) is 4.40 Å². The largest absolute Gasteiger partial charge is 0.478 e. The van der Waals surface area contributed by atoms with E-state index >= 15 is 0 Å². The number of carbonyl (C=O) groups is 2. The molecule has 0 saturated heterocycles. The Labute approximate surface area is 99.3 Å². The van der Waals surface area contributed by atoms with E-state index < -0.39 is 11.9 Å². The predicted molar refractivity (Wildman–Crippen MR) is 61.0 cm³/mol. The molecular formula is C11H7N3O4. The average Bonchev–Trinajstić information content (AvgIpc) is 2.84. The van der Waals surface area contributed by atoms with Gasteiger partial charge in [0.2, 0.25) is 5.78 Å². The molecule has 18 heavy (non-hydrogen) atoms. The predicted octanol–water partition coefficient (Wildman–Crippen LogP) is 1.21. The van der Waals surface area contributed by atoms with Crippen molar-refractivity contribution in [3.8, 4) is 0 Å². The summed E-state index contributed by atoms with van der Waals surface area (Å²) in [4.78, 5) is 28.4. The number of aromatic nitrogens is 3. The van der Waals surface area contributed by atoms with Gasteiger partial charge in [-0.15, -0.1) is 0 Å². The molecule has 0 aliphatic carbocycles. The number of hydrogen-bond donors (Lipinski definition) is 3. The first-order chi connectivity index (χ1) is 8.56. The molecule has 90 valence electrons. The molecule has 2 heterocycles. The van der Waals surface area contributed by atoms with Gasteiger partial charge in [0, 0.05) is 6.20 Å². The molecular weight excluding hydrogens is 238 g/mol. The number of nitrogens with zero attached hydrogens (tertiary/aromatic N) is 2. The molecule has 0 amide bonds. The van der Waals surface area contributed by atoms with E-state index in [0.29, 0.717) is 16.8 Å². The summed E-state index contributed by atoms with van der Waals surface area (Å²) in [6.45, 7) is 0. The number of aromatic carboxylic acids is 2. The van der Waals surface area contributed by atoms with Crippen LogP contribution in [0.15, 0.2) is 24.4 Å². The molecule has 0 aliphatic rings. The molecule has 0 aliphatic heterocycles. The van der Waals surface area contributed by atoms with Gasteiger partial charge in [-0.25, -0.2) is 14.6 Å². The third-order valence-corrected chi connectivity index (χ3v) is 2.67. The van der Waals surface area contributed by atoms with E-state index in [0.717, 1.165) is 0 Å². The summed E-state index contributed by atoms with van der Waals surface area (Å²) in [5.41, 5.74) is 1.32. The summed E-state index contributed by atoms with van der Waals surface area (Å²) in [5.74, 6) is -1.74. The third kappa shape index (κ3) is 1.34. The minimum Gasteiger partial charge on any atom is -0.478 e. The average molecular weight is 245 g/mol. The molecule has 3 rings (SSSR count). The zero-order valence-corrected chi connectivity index (χ0v) is 8.91. The summed E-state index contributed by atoms with van der Waals surface area (Å²) < 4.78 is 1.57. The van der Waals surface area contributed by atoms with Crippen molar-refractivity contribution >= 4 is 28.7 Å². The highest BCUT2D eigenvalue weighted by Crippen LogP contribution is 2.18. The minimum atomic E-state index is -1.07. The topological polar surface area (TPSA) is 108 Å². The number of imidazole rings is 2. The number of nitrogens with one attached hydrogen (secondary N) is 1. The van der Waals surface area contributed by atoms with Crippen molar-refractivity contribution in [1.82, 2.24) is 14.4 Å². The molecule has 0 atom stereocenters. The number of carboxylic acids is 2. The second-order valence-electron chi connectivity index (χ2n) is 3.79. The lowest BCUT2D eigenvalue weighted by Gasteiger charge is -1.94. The van der Waals surface area contributed by atoms with E-state index in [-0.39, 0.29) is 11.3 Å². The SMILES string of the molecule is O=C(O)c1ccc2c(c1)nc1[nH]c(C(=O)O)cn12. The van der Waals surface area contributed by atoms with Crippen molar-refractivity contribution in [1.29, 1.82) is 0 Å². The lowest BCUT2D eigenvalue weighted by atomic mass is 10.2. The van der Waals surface area contributed by atoms with Gasteiger partial charge in [-0.1, -0.05) is 0 Å². The Morgan fingerprint density at radius 1 is 1.22 bits per heavy atom. The number of benzene rings is 1. The molecule has 0 saturated carbocycles.